The second-order valence-electron chi connectivity index (χ2n) is 20.3. The average molecular weight is 1070 g/mol. The molecule has 10 heteroatoms. The van der Waals surface area contributed by atoms with Gasteiger partial charge in [0.2, 0.25) is 6.17 Å². The van der Waals surface area contributed by atoms with E-state index in [1.807, 2.05) is 83.3 Å². The summed E-state index contributed by atoms with van der Waals surface area (Å²) in [6.45, 7) is 17.1. The van der Waals surface area contributed by atoms with Crippen molar-refractivity contribution in [2.24, 2.45) is 0 Å². The number of hydrogen-bond acceptors (Lipinski definition) is 7. The van der Waals surface area contributed by atoms with Crippen molar-refractivity contribution < 1.29 is 29.0 Å². The summed E-state index contributed by atoms with van der Waals surface area (Å²) in [5, 5.41) is 23.4. The molecule has 10 rings (SSSR count). The van der Waals surface area contributed by atoms with Crippen LogP contribution in [-0.2, 0) is 52.9 Å². The molecule has 78 heavy (non-hydrogen) atoms. The predicted octanol–water partition coefficient (Wildman–Crippen LogP) is 15.6. The Morgan fingerprint density at radius 2 is 0.833 bits per heavy atom. The van der Waals surface area contributed by atoms with Crippen molar-refractivity contribution in [3.8, 4) is 33.8 Å². The van der Waals surface area contributed by atoms with E-state index in [0.717, 1.165) is 44.5 Å². The zero-order valence-corrected chi connectivity index (χ0v) is 47.3. The van der Waals surface area contributed by atoms with Gasteiger partial charge >= 0.3 is 5.97 Å². The van der Waals surface area contributed by atoms with E-state index >= 15 is 0 Å². The van der Waals surface area contributed by atoms with Gasteiger partial charge in [-0.2, -0.15) is 0 Å². The normalized spacial score (nSPS) is 12.7. The van der Waals surface area contributed by atoms with E-state index < -0.39 is 36.2 Å². The molecule has 8 aromatic carbocycles. The average Bonchev–Trinajstić information content (AvgIpc) is 4.10. The van der Waals surface area contributed by atoms with Crippen molar-refractivity contribution in [1.29, 1.82) is 0 Å². The van der Waals surface area contributed by atoms with Crippen LogP contribution in [0, 0.1) is 27.7 Å². The summed E-state index contributed by atoms with van der Waals surface area (Å²) in [5.74, 6) is -1.62. The van der Waals surface area contributed by atoms with Gasteiger partial charge < -0.3 is 25.2 Å². The molecule has 3 N–H and O–H groups in total. The van der Waals surface area contributed by atoms with Gasteiger partial charge in [0, 0.05) is 42.8 Å². The number of nitrogens with one attached hydrogen (secondary N) is 2. The van der Waals surface area contributed by atoms with E-state index in [9.17, 15) is 19.5 Å². The number of rotatable bonds is 19. The highest BCUT2D eigenvalue weighted by atomic mass is 32.1. The van der Waals surface area contributed by atoms with Gasteiger partial charge in [-0.3, -0.25) is 9.59 Å². The summed E-state index contributed by atoms with van der Waals surface area (Å²) < 4.78 is 16.3. The highest BCUT2D eigenvalue weighted by Crippen LogP contribution is 2.46. The molecule has 2 atom stereocenters. The molecule has 0 spiro atoms. The van der Waals surface area contributed by atoms with Crippen molar-refractivity contribution >= 4 is 82.2 Å². The molecule has 8 nitrogen and oxygen atoms in total. The van der Waals surface area contributed by atoms with Crippen LogP contribution in [0.15, 0.2) is 146 Å². The topological polar surface area (TPSA) is 114 Å². The monoisotopic (exact) mass is 1070 g/mol. The number of hydrogen-bond donors (Lipinski definition) is 3. The first kappa shape index (κ1) is 53.6. The minimum Gasteiger partial charge on any atom is -0.480 e. The lowest BCUT2D eigenvalue weighted by Crippen LogP contribution is -2.58. The smallest absolute Gasteiger partial charge is 0.347 e. The number of carbonyl (C=O) groups is 3. The standard InChI is InChI=1S/C68H66N2O6S2/c1-9-45-33-51(61-53-29-21-19-27-49(53)37-57-59(61)39(5)41(7)77-57)34-46(10-2)63(45)75-55(31-43-23-15-13-16-24-43)66(71)69-65(68(73)74)70-67(72)56(32-44-25-17-14-18-26-44)76-64-47(11-3)35-52(36-48(64)12-4)62-54-30-22-20-28-50(54)38-58-60(62)40(6)42(8)78-58/h13-30,33-38,55-56,65H,9-12,31-32H2,1-8H3,(H,69,71)(H,70,72)(H,73,74). The molecular formula is C68H66N2O6S2. The van der Waals surface area contributed by atoms with Crippen LogP contribution in [0.2, 0.25) is 0 Å². The number of amides is 2. The summed E-state index contributed by atoms with van der Waals surface area (Å²) in [5.41, 5.74) is 12.4. The van der Waals surface area contributed by atoms with Gasteiger partial charge in [0.25, 0.3) is 11.8 Å². The molecule has 0 aliphatic carbocycles. The molecular weight excluding hydrogens is 1000 g/mol. The number of benzene rings is 8. The fourth-order valence-corrected chi connectivity index (χ4v) is 13.3. The Hall–Kier alpha value is -7.79. The van der Waals surface area contributed by atoms with Crippen LogP contribution < -0.4 is 20.1 Å². The van der Waals surface area contributed by atoms with Gasteiger partial charge in [0.05, 0.1) is 0 Å². The lowest BCUT2D eigenvalue weighted by atomic mass is 9.89. The summed E-state index contributed by atoms with van der Waals surface area (Å²) in [7, 11) is 0. The minimum atomic E-state index is -1.82. The maximum Gasteiger partial charge on any atom is 0.347 e. The van der Waals surface area contributed by atoms with Crippen molar-refractivity contribution in [1.82, 2.24) is 10.6 Å². The van der Waals surface area contributed by atoms with Crippen LogP contribution in [0.3, 0.4) is 0 Å². The molecule has 0 aliphatic rings. The van der Waals surface area contributed by atoms with E-state index in [0.29, 0.717) is 37.2 Å². The number of thiophene rings is 2. The van der Waals surface area contributed by atoms with Gasteiger partial charge in [-0.05, 0) is 178 Å². The second kappa shape index (κ2) is 23.0. The Labute approximate surface area is 465 Å². The van der Waals surface area contributed by atoms with Crippen LogP contribution in [0.25, 0.3) is 64.0 Å². The van der Waals surface area contributed by atoms with Crippen LogP contribution in [0.5, 0.6) is 11.5 Å². The third-order valence-electron chi connectivity index (χ3n) is 15.4. The molecule has 0 bridgehead atoms. The number of carbonyl (C=O) groups excluding carboxylic acids is 2. The molecule has 396 valence electrons. The molecule has 0 fully saturated rings. The zero-order valence-electron chi connectivity index (χ0n) is 45.6. The largest absolute Gasteiger partial charge is 0.480 e. The Kier molecular flexibility index (Phi) is 15.8. The Bertz CT molecular complexity index is 3600. The number of ether oxygens (including phenoxy) is 2. The van der Waals surface area contributed by atoms with E-state index in [-0.39, 0.29) is 12.8 Å². The van der Waals surface area contributed by atoms with Gasteiger partial charge in [-0.25, -0.2) is 4.79 Å². The van der Waals surface area contributed by atoms with E-state index in [1.54, 1.807) is 0 Å². The highest BCUT2D eigenvalue weighted by Gasteiger charge is 2.33. The molecule has 2 unspecified atom stereocenters. The van der Waals surface area contributed by atoms with Crippen molar-refractivity contribution in [2.75, 3.05) is 0 Å². The summed E-state index contributed by atoms with van der Waals surface area (Å²) in [4.78, 5) is 45.6. The number of carboxylic acids is 1. The lowest BCUT2D eigenvalue weighted by Gasteiger charge is -2.27. The second-order valence-corrected chi connectivity index (χ2v) is 22.8. The predicted molar refractivity (Wildman–Crippen MR) is 323 cm³/mol. The first-order valence-electron chi connectivity index (χ1n) is 27.2. The summed E-state index contributed by atoms with van der Waals surface area (Å²) in [6, 6.07) is 49.4. The van der Waals surface area contributed by atoms with Crippen LogP contribution >= 0.6 is 22.7 Å². The molecule has 2 amide bonds. The maximum absolute atomic E-state index is 14.8. The molecule has 0 aliphatic heterocycles. The minimum absolute atomic E-state index is 0.142. The Morgan fingerprint density at radius 3 is 1.18 bits per heavy atom. The molecule has 2 heterocycles. The first-order chi connectivity index (χ1) is 37.8. The lowest BCUT2D eigenvalue weighted by molar-refractivity contribution is -0.147. The Morgan fingerprint density at radius 1 is 0.487 bits per heavy atom. The fourth-order valence-electron chi connectivity index (χ4n) is 11.1. The molecule has 0 radical (unpaired) electrons. The van der Waals surface area contributed by atoms with E-state index in [2.05, 4.69) is 151 Å². The van der Waals surface area contributed by atoms with Crippen molar-refractivity contribution in [3.63, 3.8) is 0 Å². The summed E-state index contributed by atoms with van der Waals surface area (Å²) in [6.07, 6.45) is -1.40. The van der Waals surface area contributed by atoms with Crippen LogP contribution in [-0.4, -0.2) is 41.3 Å². The third-order valence-corrected chi connectivity index (χ3v) is 17.7. The maximum atomic E-state index is 14.8. The van der Waals surface area contributed by atoms with Crippen LogP contribution in [0.1, 0.15) is 82.0 Å². The molecule has 0 saturated carbocycles. The van der Waals surface area contributed by atoms with Gasteiger partial charge in [-0.15, -0.1) is 22.7 Å². The van der Waals surface area contributed by atoms with Crippen molar-refractivity contribution in [2.45, 2.75) is 112 Å². The van der Waals surface area contributed by atoms with Crippen molar-refractivity contribution in [3.05, 3.63) is 200 Å². The number of fused-ring (bicyclic) bond motifs is 4. The van der Waals surface area contributed by atoms with Crippen LogP contribution in [0.4, 0.5) is 0 Å². The molecule has 10 aromatic rings. The van der Waals surface area contributed by atoms with E-state index in [4.69, 9.17) is 9.47 Å². The first-order valence-corrected chi connectivity index (χ1v) is 28.8. The SMILES string of the molecule is CCc1cc(-c2c3ccccc3cc3sc(C)c(C)c23)cc(CC)c1OC(Cc1ccccc1)C(=O)NC(NC(=O)C(Cc1ccccc1)Oc1c(CC)cc(-c2c3ccccc3cc3sc(C)c(C)c23)cc1CC)C(=O)O. The van der Waals surface area contributed by atoms with Gasteiger partial charge in [0.15, 0.2) is 12.2 Å². The fraction of sp³-hybridized carbons (Fsp3) is 0.250. The Balaban J connectivity index is 0.977. The van der Waals surface area contributed by atoms with Gasteiger partial charge in [0.1, 0.15) is 11.5 Å². The number of aryl methyl sites for hydroxylation is 8. The number of aliphatic carboxylic acids is 1. The van der Waals surface area contributed by atoms with Gasteiger partial charge in [-0.1, -0.05) is 137 Å². The summed E-state index contributed by atoms with van der Waals surface area (Å²) >= 11 is 3.62. The quantitative estimate of drug-likeness (QED) is 0.0695. The highest BCUT2D eigenvalue weighted by molar-refractivity contribution is 7.19. The number of carboxylic acid groups (broad SMARTS) is 1. The van der Waals surface area contributed by atoms with E-state index in [1.165, 1.54) is 73.7 Å². The zero-order chi connectivity index (χ0) is 54.8. The molecule has 0 saturated heterocycles. The molecule has 2 aromatic heterocycles. The third kappa shape index (κ3) is 10.6.